The van der Waals surface area contributed by atoms with Crippen LogP contribution >= 0.6 is 11.3 Å². The molecule has 0 aliphatic rings. The van der Waals surface area contributed by atoms with Crippen LogP contribution in [0, 0.1) is 0 Å². The summed E-state index contributed by atoms with van der Waals surface area (Å²) in [6.45, 7) is 2.04. The molecule has 0 radical (unpaired) electrons. The van der Waals surface area contributed by atoms with Crippen LogP contribution in [0.4, 0.5) is 5.69 Å². The van der Waals surface area contributed by atoms with Gasteiger partial charge in [0.25, 0.3) is 0 Å². The van der Waals surface area contributed by atoms with E-state index in [4.69, 9.17) is 4.74 Å². The molecule has 1 aromatic carbocycles. The van der Waals surface area contributed by atoms with E-state index in [2.05, 4.69) is 15.4 Å². The summed E-state index contributed by atoms with van der Waals surface area (Å²) in [5.41, 5.74) is 0.963. The maximum Gasteiger partial charge on any atom is 0.338 e. The van der Waals surface area contributed by atoms with E-state index in [0.29, 0.717) is 27.7 Å². The van der Waals surface area contributed by atoms with Crippen molar-refractivity contribution in [2.24, 2.45) is 0 Å². The number of rotatable bonds is 5. The molecule has 3 rings (SSSR count). The van der Waals surface area contributed by atoms with Gasteiger partial charge in [-0.25, -0.2) is 9.78 Å². The van der Waals surface area contributed by atoms with Gasteiger partial charge in [-0.15, -0.1) is 0 Å². The Kier molecular flexibility index (Phi) is 4.43. The monoisotopic (exact) mass is 346 g/mol. The van der Waals surface area contributed by atoms with Crippen molar-refractivity contribution in [1.82, 2.24) is 14.6 Å². The van der Waals surface area contributed by atoms with Crippen LogP contribution < -0.4 is 5.32 Å². The largest absolute Gasteiger partial charge is 0.492 e. The van der Waals surface area contributed by atoms with Crippen molar-refractivity contribution < 1.29 is 19.4 Å². The van der Waals surface area contributed by atoms with Crippen molar-refractivity contribution in [2.45, 2.75) is 13.3 Å². The molecule has 0 aliphatic heterocycles. The lowest BCUT2D eigenvalue weighted by Gasteiger charge is -2.06. The highest BCUT2D eigenvalue weighted by Gasteiger charge is 2.16. The zero-order valence-corrected chi connectivity index (χ0v) is 13.5. The summed E-state index contributed by atoms with van der Waals surface area (Å²) >= 11 is 1.20. The van der Waals surface area contributed by atoms with Crippen LogP contribution in [0.25, 0.3) is 4.96 Å². The van der Waals surface area contributed by atoms with Crippen molar-refractivity contribution in [1.29, 1.82) is 0 Å². The SMILES string of the molecule is CCOC(=O)c1ccc(NC(=O)Cc2sc3ncnn3c2O)cc1. The number of anilines is 1. The Morgan fingerprint density at radius 2 is 2.08 bits per heavy atom. The molecule has 2 aromatic heterocycles. The number of thiazole rings is 1. The van der Waals surface area contributed by atoms with E-state index in [1.54, 1.807) is 31.2 Å². The fourth-order valence-corrected chi connectivity index (χ4v) is 3.01. The van der Waals surface area contributed by atoms with Crippen molar-refractivity contribution in [3.05, 3.63) is 41.0 Å². The molecule has 0 fully saturated rings. The minimum Gasteiger partial charge on any atom is -0.492 e. The third-order valence-electron chi connectivity index (χ3n) is 3.18. The molecule has 124 valence electrons. The molecule has 0 saturated heterocycles. The number of esters is 1. The Labute approximate surface area is 140 Å². The van der Waals surface area contributed by atoms with Gasteiger partial charge in [0.2, 0.25) is 16.7 Å². The summed E-state index contributed by atoms with van der Waals surface area (Å²) in [7, 11) is 0. The fourth-order valence-electron chi connectivity index (χ4n) is 2.09. The highest BCUT2D eigenvalue weighted by Crippen LogP contribution is 2.27. The Morgan fingerprint density at radius 1 is 1.33 bits per heavy atom. The predicted molar refractivity (Wildman–Crippen MR) is 87.3 cm³/mol. The van der Waals surface area contributed by atoms with Crippen LogP contribution in [0.15, 0.2) is 30.6 Å². The molecule has 0 unspecified atom stereocenters. The van der Waals surface area contributed by atoms with E-state index in [-0.39, 0.29) is 18.2 Å². The first-order chi connectivity index (χ1) is 11.6. The third-order valence-corrected chi connectivity index (χ3v) is 4.22. The minimum absolute atomic E-state index is 0.00116. The second kappa shape index (κ2) is 6.67. The number of hydrogen-bond donors (Lipinski definition) is 2. The normalized spacial score (nSPS) is 10.7. The topological polar surface area (TPSA) is 106 Å². The lowest BCUT2D eigenvalue weighted by atomic mass is 10.2. The maximum atomic E-state index is 12.1. The van der Waals surface area contributed by atoms with Crippen molar-refractivity contribution in [3.8, 4) is 5.88 Å². The first-order valence-electron chi connectivity index (χ1n) is 7.16. The number of nitrogens with zero attached hydrogens (tertiary/aromatic N) is 3. The average molecular weight is 346 g/mol. The van der Waals surface area contributed by atoms with Crippen molar-refractivity contribution >= 4 is 33.9 Å². The van der Waals surface area contributed by atoms with Crippen LogP contribution in [0.5, 0.6) is 5.88 Å². The number of ether oxygens (including phenoxy) is 1. The van der Waals surface area contributed by atoms with Gasteiger partial charge in [0.1, 0.15) is 6.33 Å². The quantitative estimate of drug-likeness (QED) is 0.683. The van der Waals surface area contributed by atoms with Gasteiger partial charge in [-0.05, 0) is 31.2 Å². The number of hydrogen-bond acceptors (Lipinski definition) is 7. The Balaban J connectivity index is 1.65. The number of fused-ring (bicyclic) bond motifs is 1. The summed E-state index contributed by atoms with van der Waals surface area (Å²) in [5, 5.41) is 16.5. The van der Waals surface area contributed by atoms with E-state index >= 15 is 0 Å². The summed E-state index contributed by atoms with van der Waals surface area (Å²) in [6, 6.07) is 6.39. The van der Waals surface area contributed by atoms with Crippen LogP contribution in [0.3, 0.4) is 0 Å². The zero-order chi connectivity index (χ0) is 17.1. The van der Waals surface area contributed by atoms with Crippen molar-refractivity contribution in [3.63, 3.8) is 0 Å². The number of amides is 1. The maximum absolute atomic E-state index is 12.1. The first-order valence-corrected chi connectivity index (χ1v) is 7.97. The molecule has 9 heteroatoms. The minimum atomic E-state index is -0.408. The molecular weight excluding hydrogens is 332 g/mol. The van der Waals surface area contributed by atoms with Gasteiger partial charge in [-0.3, -0.25) is 4.79 Å². The lowest BCUT2D eigenvalue weighted by Crippen LogP contribution is -2.14. The van der Waals surface area contributed by atoms with E-state index in [0.717, 1.165) is 0 Å². The smallest absolute Gasteiger partial charge is 0.338 e. The second-order valence-corrected chi connectivity index (χ2v) is 5.89. The highest BCUT2D eigenvalue weighted by atomic mass is 32.1. The van der Waals surface area contributed by atoms with Gasteiger partial charge < -0.3 is 15.2 Å². The molecule has 2 N–H and O–H groups in total. The Bertz CT molecular complexity index is 885. The van der Waals surface area contributed by atoms with Crippen LogP contribution in [0.1, 0.15) is 22.2 Å². The molecule has 24 heavy (non-hydrogen) atoms. The second-order valence-electron chi connectivity index (χ2n) is 4.83. The summed E-state index contributed by atoms with van der Waals surface area (Å²) in [6.07, 6.45) is 1.33. The molecule has 0 atom stereocenters. The first kappa shape index (κ1) is 15.9. The summed E-state index contributed by atoms with van der Waals surface area (Å²) < 4.78 is 6.17. The number of carbonyl (C=O) groups excluding carboxylic acids is 2. The number of nitrogens with one attached hydrogen (secondary N) is 1. The molecule has 2 heterocycles. The molecule has 0 saturated carbocycles. The van der Waals surface area contributed by atoms with Crippen LogP contribution in [0.2, 0.25) is 0 Å². The van der Waals surface area contributed by atoms with Gasteiger partial charge in [0.05, 0.1) is 23.5 Å². The molecule has 1 amide bonds. The third kappa shape index (κ3) is 3.20. The molecule has 0 spiro atoms. The average Bonchev–Trinajstić information content (AvgIpc) is 3.12. The summed E-state index contributed by atoms with van der Waals surface area (Å²) in [4.78, 5) is 28.6. The Hall–Kier alpha value is -2.94. The van der Waals surface area contributed by atoms with Gasteiger partial charge in [-0.1, -0.05) is 11.3 Å². The number of aromatic hydroxyl groups is 1. The van der Waals surface area contributed by atoms with Gasteiger partial charge in [0, 0.05) is 5.69 Å². The zero-order valence-electron chi connectivity index (χ0n) is 12.7. The van der Waals surface area contributed by atoms with E-state index in [1.807, 2.05) is 0 Å². The molecular formula is C15H14N4O4S. The molecule has 3 aromatic rings. The van der Waals surface area contributed by atoms with Gasteiger partial charge in [0.15, 0.2) is 0 Å². The molecule has 0 aliphatic carbocycles. The van der Waals surface area contributed by atoms with E-state index in [1.165, 1.54) is 22.2 Å². The Morgan fingerprint density at radius 3 is 2.75 bits per heavy atom. The number of benzene rings is 1. The van der Waals surface area contributed by atoms with Crippen LogP contribution in [-0.4, -0.2) is 38.2 Å². The number of aromatic nitrogens is 3. The van der Waals surface area contributed by atoms with E-state index < -0.39 is 5.97 Å². The predicted octanol–water partition coefficient (Wildman–Crippen LogP) is 1.85. The number of carbonyl (C=O) groups is 2. The standard InChI is InChI=1S/C15H14N4O4S/c1-2-23-14(22)9-3-5-10(6-4-9)18-12(20)7-11-13(21)19-15(24-11)16-8-17-19/h3-6,8,21H,2,7H2,1H3,(H,18,20). The van der Waals surface area contributed by atoms with Gasteiger partial charge in [-0.2, -0.15) is 9.61 Å². The van der Waals surface area contributed by atoms with Gasteiger partial charge >= 0.3 is 5.97 Å². The van der Waals surface area contributed by atoms with Crippen molar-refractivity contribution in [2.75, 3.05) is 11.9 Å². The highest BCUT2D eigenvalue weighted by molar-refractivity contribution is 7.17. The summed E-state index contributed by atoms with van der Waals surface area (Å²) in [5.74, 6) is -0.784. The fraction of sp³-hybridized carbons (Fsp3) is 0.200. The molecule has 0 bridgehead atoms. The lowest BCUT2D eigenvalue weighted by molar-refractivity contribution is -0.115. The molecule has 8 nitrogen and oxygen atoms in total. The van der Waals surface area contributed by atoms with Crippen LogP contribution in [-0.2, 0) is 16.0 Å². The van der Waals surface area contributed by atoms with E-state index in [9.17, 15) is 14.7 Å².